The maximum Gasteiger partial charge on any atom is 1.00 e. The van der Waals surface area contributed by atoms with Crippen LogP contribution in [0.5, 0.6) is 11.5 Å². The SMILES string of the molecule is COc1ccc2cc(OCc3ccccc3)c(N3CC(=O)NS3(=O)=O)cc2c1.[H-].[K+]. The number of rotatable bonds is 5. The molecular formula is C20H19KN2O5S. The Bertz CT molecular complexity index is 1160. The van der Waals surface area contributed by atoms with Gasteiger partial charge >= 0.3 is 61.6 Å². The Morgan fingerprint density at radius 1 is 1.07 bits per heavy atom. The summed E-state index contributed by atoms with van der Waals surface area (Å²) in [5.74, 6) is 0.441. The molecule has 0 spiro atoms. The number of hydrogen-bond acceptors (Lipinski definition) is 5. The van der Waals surface area contributed by atoms with Crippen LogP contribution in [0.15, 0.2) is 60.7 Å². The summed E-state index contributed by atoms with van der Waals surface area (Å²) in [5.41, 5.74) is 1.25. The van der Waals surface area contributed by atoms with Crippen molar-refractivity contribution in [3.05, 3.63) is 66.2 Å². The molecule has 4 rings (SSSR count). The van der Waals surface area contributed by atoms with Crippen LogP contribution in [0.3, 0.4) is 0 Å². The summed E-state index contributed by atoms with van der Waals surface area (Å²) in [5, 5.41) is 1.64. The number of benzene rings is 3. The van der Waals surface area contributed by atoms with Crippen LogP contribution in [-0.2, 0) is 21.6 Å². The third-order valence-electron chi connectivity index (χ3n) is 4.45. The van der Waals surface area contributed by atoms with E-state index in [-0.39, 0.29) is 66.0 Å². The van der Waals surface area contributed by atoms with E-state index < -0.39 is 16.1 Å². The van der Waals surface area contributed by atoms with Crippen molar-refractivity contribution < 1.29 is 75.5 Å². The van der Waals surface area contributed by atoms with Gasteiger partial charge in [0.05, 0.1) is 12.8 Å². The molecule has 3 aromatic rings. The Labute approximate surface area is 213 Å². The fourth-order valence-corrected chi connectivity index (χ4v) is 4.23. The van der Waals surface area contributed by atoms with Gasteiger partial charge in [-0.2, -0.15) is 8.42 Å². The average Bonchev–Trinajstić information content (AvgIpc) is 2.97. The monoisotopic (exact) mass is 438 g/mol. The van der Waals surface area contributed by atoms with E-state index in [4.69, 9.17) is 9.47 Å². The van der Waals surface area contributed by atoms with Gasteiger partial charge in [-0.25, -0.2) is 9.03 Å². The number of hydrogen-bond donors (Lipinski definition) is 1. The summed E-state index contributed by atoms with van der Waals surface area (Å²) in [6.07, 6.45) is 0. The van der Waals surface area contributed by atoms with Crippen molar-refractivity contribution in [1.29, 1.82) is 0 Å². The van der Waals surface area contributed by atoms with Crippen molar-refractivity contribution in [1.82, 2.24) is 4.72 Å². The number of nitrogens with one attached hydrogen (secondary N) is 1. The van der Waals surface area contributed by atoms with Crippen LogP contribution in [0.4, 0.5) is 5.69 Å². The molecule has 1 aliphatic rings. The van der Waals surface area contributed by atoms with Gasteiger partial charge < -0.3 is 10.9 Å². The first-order chi connectivity index (χ1) is 13.5. The molecule has 1 aliphatic heterocycles. The normalized spacial score (nSPS) is 14.9. The van der Waals surface area contributed by atoms with Crippen molar-refractivity contribution >= 4 is 32.6 Å². The molecule has 0 radical (unpaired) electrons. The fourth-order valence-electron chi connectivity index (χ4n) is 3.08. The standard InChI is InChI=1S/C20H18N2O5S.K.H/c1-26-17-8-7-15-11-19(27-13-14-5-3-2-4-6-14)18(10-16(15)9-17)22-12-20(23)21-28(22,24)25;;/h2-11H,12-13H2,1H3,(H,21,23);;/q;+1;-1. The molecule has 1 saturated heterocycles. The first-order valence-electron chi connectivity index (χ1n) is 8.58. The van der Waals surface area contributed by atoms with Crippen molar-refractivity contribution in [3.8, 4) is 11.5 Å². The van der Waals surface area contributed by atoms with Gasteiger partial charge in [0, 0.05) is 0 Å². The number of nitrogens with zero attached hydrogens (tertiary/aromatic N) is 1. The van der Waals surface area contributed by atoms with Crippen molar-refractivity contribution in [2.24, 2.45) is 0 Å². The van der Waals surface area contributed by atoms with Crippen molar-refractivity contribution in [3.63, 3.8) is 0 Å². The molecule has 0 atom stereocenters. The van der Waals surface area contributed by atoms with Gasteiger partial charge in [0.15, 0.2) is 0 Å². The molecule has 1 amide bonds. The maximum atomic E-state index is 12.4. The molecule has 29 heavy (non-hydrogen) atoms. The molecule has 3 aromatic carbocycles. The van der Waals surface area contributed by atoms with E-state index >= 15 is 0 Å². The third-order valence-corrected chi connectivity index (χ3v) is 5.84. The van der Waals surface area contributed by atoms with E-state index in [0.717, 1.165) is 20.6 Å². The first kappa shape index (κ1) is 22.1. The molecule has 1 fully saturated rings. The molecule has 1 N–H and O–H groups in total. The third kappa shape index (κ3) is 4.76. The molecule has 1 heterocycles. The maximum absolute atomic E-state index is 12.4. The molecule has 0 aliphatic carbocycles. The first-order valence-corrected chi connectivity index (χ1v) is 10.0. The van der Waals surface area contributed by atoms with Gasteiger partial charge in [-0.05, 0) is 40.6 Å². The van der Waals surface area contributed by atoms with Crippen LogP contribution in [0.25, 0.3) is 10.8 Å². The number of amides is 1. The van der Waals surface area contributed by atoms with Crippen LogP contribution in [-0.4, -0.2) is 28.0 Å². The van der Waals surface area contributed by atoms with Gasteiger partial charge in [-0.3, -0.25) is 4.79 Å². The Morgan fingerprint density at radius 3 is 2.48 bits per heavy atom. The Hall–Kier alpha value is -1.62. The zero-order valence-corrected chi connectivity index (χ0v) is 20.0. The predicted molar refractivity (Wildman–Crippen MR) is 107 cm³/mol. The summed E-state index contributed by atoms with van der Waals surface area (Å²) < 4.78 is 39.0. The number of ether oxygens (including phenoxy) is 2. The second-order valence-electron chi connectivity index (χ2n) is 6.34. The molecule has 0 saturated carbocycles. The van der Waals surface area contributed by atoms with Crippen LogP contribution >= 0.6 is 0 Å². The quantitative estimate of drug-likeness (QED) is 0.554. The van der Waals surface area contributed by atoms with Gasteiger partial charge in [-0.15, -0.1) is 0 Å². The van der Waals surface area contributed by atoms with E-state index in [0.29, 0.717) is 17.2 Å². The van der Waals surface area contributed by atoms with E-state index in [2.05, 4.69) is 0 Å². The molecule has 9 heteroatoms. The molecule has 146 valence electrons. The fraction of sp³-hybridized carbons (Fsp3) is 0.150. The van der Waals surface area contributed by atoms with Crippen LogP contribution in [0.2, 0.25) is 0 Å². The number of methoxy groups -OCH3 is 1. The van der Waals surface area contributed by atoms with Crippen molar-refractivity contribution in [2.45, 2.75) is 6.61 Å². The van der Waals surface area contributed by atoms with Crippen LogP contribution in [0, 0.1) is 0 Å². The minimum Gasteiger partial charge on any atom is -1.00 e. The Morgan fingerprint density at radius 2 is 1.83 bits per heavy atom. The summed E-state index contributed by atoms with van der Waals surface area (Å²) in [4.78, 5) is 11.7. The molecule has 0 aromatic heterocycles. The summed E-state index contributed by atoms with van der Waals surface area (Å²) in [7, 11) is -2.39. The van der Waals surface area contributed by atoms with Crippen molar-refractivity contribution in [2.75, 3.05) is 18.0 Å². The van der Waals surface area contributed by atoms with Crippen LogP contribution in [0.1, 0.15) is 6.99 Å². The van der Waals surface area contributed by atoms with Gasteiger partial charge in [-0.1, -0.05) is 36.4 Å². The number of carbonyl (C=O) groups excluding carboxylic acids is 1. The van der Waals surface area contributed by atoms with Gasteiger partial charge in [0.2, 0.25) is 0 Å². The number of carbonyl (C=O) groups is 1. The van der Waals surface area contributed by atoms with Gasteiger partial charge in [0.25, 0.3) is 5.91 Å². The average molecular weight is 439 g/mol. The van der Waals surface area contributed by atoms with E-state index in [1.807, 2.05) is 47.2 Å². The van der Waals surface area contributed by atoms with Gasteiger partial charge in [0.1, 0.15) is 24.7 Å². The summed E-state index contributed by atoms with van der Waals surface area (Å²) in [6, 6.07) is 18.5. The van der Waals surface area contributed by atoms with E-state index in [1.54, 1.807) is 25.3 Å². The second kappa shape index (κ2) is 9.03. The Kier molecular flexibility index (Phi) is 6.87. The predicted octanol–water partition coefficient (Wildman–Crippen LogP) is -0.275. The Balaban J connectivity index is 0.00000160. The molecular weight excluding hydrogens is 419 g/mol. The minimum atomic E-state index is -3.96. The summed E-state index contributed by atoms with van der Waals surface area (Å²) in [6.45, 7) is -0.0235. The largest absolute Gasteiger partial charge is 1.00 e. The second-order valence-corrected chi connectivity index (χ2v) is 7.94. The molecule has 0 bridgehead atoms. The topological polar surface area (TPSA) is 84.9 Å². The summed E-state index contributed by atoms with van der Waals surface area (Å²) >= 11 is 0. The van der Waals surface area contributed by atoms with E-state index in [9.17, 15) is 13.2 Å². The molecule has 0 unspecified atom stereocenters. The van der Waals surface area contributed by atoms with Crippen LogP contribution < -0.4 is 69.9 Å². The zero-order chi connectivity index (χ0) is 19.7. The number of anilines is 1. The number of fused-ring (bicyclic) bond motifs is 1. The van der Waals surface area contributed by atoms with E-state index in [1.165, 1.54) is 0 Å². The smallest absolute Gasteiger partial charge is 1.00 e. The molecule has 7 nitrogen and oxygen atoms in total. The zero-order valence-electron chi connectivity index (χ0n) is 17.1. The minimum absolute atomic E-state index is 0.